The first-order valence-corrected chi connectivity index (χ1v) is 8.65. The molecule has 3 rings (SSSR count). The summed E-state index contributed by atoms with van der Waals surface area (Å²) >= 11 is 1.97. The van der Waals surface area contributed by atoms with E-state index in [-0.39, 0.29) is 24.0 Å². The summed E-state index contributed by atoms with van der Waals surface area (Å²) in [5.74, 6) is 2.89. The number of aliphatic imine (C=N–C) groups is 1. The van der Waals surface area contributed by atoms with Gasteiger partial charge in [0.25, 0.3) is 0 Å². The summed E-state index contributed by atoms with van der Waals surface area (Å²) in [5.41, 5.74) is 8.25. The van der Waals surface area contributed by atoms with Crippen LogP contribution in [0.25, 0.3) is 0 Å². The number of rotatable bonds is 4. The highest BCUT2D eigenvalue weighted by atomic mass is 127. The molecule has 5 nitrogen and oxygen atoms in total. The van der Waals surface area contributed by atoms with Gasteiger partial charge in [0.1, 0.15) is 0 Å². The highest BCUT2D eigenvalue weighted by Crippen LogP contribution is 2.09. The highest BCUT2D eigenvalue weighted by molar-refractivity contribution is 14.0. The SMILES string of the molecule is I.NC(=NCc1ccn(Cc2ccccc2)n1)N1CCSCC1. The third kappa shape index (κ3) is 5.42. The lowest BCUT2D eigenvalue weighted by Crippen LogP contribution is -2.42. The number of hydrogen-bond donors (Lipinski definition) is 1. The zero-order valence-electron chi connectivity index (χ0n) is 13.0. The molecule has 0 bridgehead atoms. The van der Waals surface area contributed by atoms with Crippen molar-refractivity contribution >= 4 is 41.7 Å². The van der Waals surface area contributed by atoms with Crippen LogP contribution in [0, 0.1) is 0 Å². The molecule has 23 heavy (non-hydrogen) atoms. The van der Waals surface area contributed by atoms with Crippen LogP contribution in [0.2, 0.25) is 0 Å². The van der Waals surface area contributed by atoms with E-state index in [4.69, 9.17) is 5.73 Å². The Labute approximate surface area is 158 Å². The molecule has 2 aromatic rings. The van der Waals surface area contributed by atoms with Crippen LogP contribution in [-0.4, -0.2) is 45.2 Å². The van der Waals surface area contributed by atoms with E-state index in [9.17, 15) is 0 Å². The van der Waals surface area contributed by atoms with E-state index in [1.165, 1.54) is 5.56 Å². The summed E-state index contributed by atoms with van der Waals surface area (Å²) < 4.78 is 1.94. The topological polar surface area (TPSA) is 59.4 Å². The van der Waals surface area contributed by atoms with Crippen molar-refractivity contribution in [2.24, 2.45) is 10.7 Å². The van der Waals surface area contributed by atoms with Crippen molar-refractivity contribution in [3.05, 3.63) is 53.9 Å². The maximum Gasteiger partial charge on any atom is 0.191 e. The van der Waals surface area contributed by atoms with Crippen LogP contribution in [-0.2, 0) is 13.1 Å². The van der Waals surface area contributed by atoms with Gasteiger partial charge in [-0.1, -0.05) is 30.3 Å². The molecule has 0 unspecified atom stereocenters. The second-order valence-corrected chi connectivity index (χ2v) is 6.49. The summed E-state index contributed by atoms with van der Waals surface area (Å²) in [6.07, 6.45) is 1.99. The molecule has 2 N–H and O–H groups in total. The van der Waals surface area contributed by atoms with Crippen molar-refractivity contribution in [3.63, 3.8) is 0 Å². The Balaban J connectivity index is 0.00000192. The van der Waals surface area contributed by atoms with E-state index in [0.29, 0.717) is 12.5 Å². The van der Waals surface area contributed by atoms with E-state index < -0.39 is 0 Å². The van der Waals surface area contributed by atoms with Gasteiger partial charge >= 0.3 is 0 Å². The minimum Gasteiger partial charge on any atom is -0.370 e. The average Bonchev–Trinajstić information content (AvgIpc) is 3.02. The number of guanidine groups is 1. The second kappa shape index (κ2) is 9.17. The molecule has 0 saturated carbocycles. The third-order valence-corrected chi connectivity index (χ3v) is 4.56. The molecular formula is C16H22IN5S. The highest BCUT2D eigenvalue weighted by Gasteiger charge is 2.12. The lowest BCUT2D eigenvalue weighted by atomic mass is 10.2. The fourth-order valence-corrected chi connectivity index (χ4v) is 3.30. The Bertz CT molecular complexity index is 622. The van der Waals surface area contributed by atoms with Crippen molar-refractivity contribution in [3.8, 4) is 0 Å². The van der Waals surface area contributed by atoms with Crippen LogP contribution in [0.4, 0.5) is 0 Å². The van der Waals surface area contributed by atoms with Gasteiger partial charge in [-0.15, -0.1) is 24.0 Å². The molecule has 0 radical (unpaired) electrons. The molecule has 1 saturated heterocycles. The van der Waals surface area contributed by atoms with Gasteiger partial charge in [-0.2, -0.15) is 16.9 Å². The summed E-state index contributed by atoms with van der Waals surface area (Å²) in [4.78, 5) is 6.62. The lowest BCUT2D eigenvalue weighted by Gasteiger charge is -2.27. The molecule has 0 aliphatic carbocycles. The van der Waals surface area contributed by atoms with Crippen LogP contribution in [0.15, 0.2) is 47.6 Å². The van der Waals surface area contributed by atoms with E-state index in [1.807, 2.05) is 46.9 Å². The van der Waals surface area contributed by atoms with Gasteiger partial charge in [-0.25, -0.2) is 4.99 Å². The van der Waals surface area contributed by atoms with E-state index >= 15 is 0 Å². The van der Waals surface area contributed by atoms with Gasteiger partial charge in [0.05, 0.1) is 18.8 Å². The third-order valence-electron chi connectivity index (χ3n) is 3.62. The van der Waals surface area contributed by atoms with Crippen molar-refractivity contribution in [1.29, 1.82) is 0 Å². The van der Waals surface area contributed by atoms with Gasteiger partial charge in [-0.05, 0) is 11.6 Å². The largest absolute Gasteiger partial charge is 0.370 e. The molecule has 7 heteroatoms. The van der Waals surface area contributed by atoms with Crippen molar-refractivity contribution in [1.82, 2.24) is 14.7 Å². The first kappa shape index (κ1) is 18.1. The number of hydrogen-bond acceptors (Lipinski definition) is 3. The number of nitrogens with zero attached hydrogens (tertiary/aromatic N) is 4. The van der Waals surface area contributed by atoms with Gasteiger partial charge in [0.15, 0.2) is 5.96 Å². The fourth-order valence-electron chi connectivity index (χ4n) is 2.40. The molecule has 1 aromatic carbocycles. The summed E-state index contributed by atoms with van der Waals surface area (Å²) in [6.45, 7) is 3.30. The maximum absolute atomic E-state index is 6.06. The average molecular weight is 443 g/mol. The van der Waals surface area contributed by atoms with Crippen LogP contribution in [0.3, 0.4) is 0 Å². The molecule has 0 atom stereocenters. The number of benzene rings is 1. The van der Waals surface area contributed by atoms with Gasteiger partial charge in [-0.3, -0.25) is 4.68 Å². The second-order valence-electron chi connectivity index (χ2n) is 5.26. The van der Waals surface area contributed by atoms with E-state index in [2.05, 4.69) is 27.1 Å². The van der Waals surface area contributed by atoms with Gasteiger partial charge < -0.3 is 10.6 Å². The van der Waals surface area contributed by atoms with Crippen LogP contribution >= 0.6 is 35.7 Å². The van der Waals surface area contributed by atoms with Gasteiger partial charge in [0, 0.05) is 30.8 Å². The number of thioether (sulfide) groups is 1. The minimum atomic E-state index is 0. The predicted molar refractivity (Wildman–Crippen MR) is 107 cm³/mol. The standard InChI is InChI=1S/C16H21N5S.HI/c17-16(20-8-10-22-11-9-20)18-12-15-6-7-21(19-15)13-14-4-2-1-3-5-14;/h1-7H,8-13H2,(H2,17,18);1H. The van der Waals surface area contributed by atoms with Crippen molar-refractivity contribution in [2.75, 3.05) is 24.6 Å². The zero-order valence-corrected chi connectivity index (χ0v) is 16.1. The summed E-state index contributed by atoms with van der Waals surface area (Å²) in [6, 6.07) is 12.3. The fraction of sp³-hybridized carbons (Fsp3) is 0.375. The number of aromatic nitrogens is 2. The maximum atomic E-state index is 6.06. The van der Waals surface area contributed by atoms with Crippen molar-refractivity contribution in [2.45, 2.75) is 13.1 Å². The number of nitrogens with two attached hydrogens (primary N) is 1. The van der Waals surface area contributed by atoms with E-state index in [1.54, 1.807) is 0 Å². The smallest absolute Gasteiger partial charge is 0.191 e. The van der Waals surface area contributed by atoms with Crippen LogP contribution < -0.4 is 5.73 Å². The van der Waals surface area contributed by atoms with E-state index in [0.717, 1.165) is 36.8 Å². The summed E-state index contributed by atoms with van der Waals surface area (Å²) in [5, 5.41) is 4.55. The molecule has 124 valence electrons. The molecule has 1 aliphatic rings. The molecule has 2 heterocycles. The predicted octanol–water partition coefficient (Wildman–Crippen LogP) is 2.41. The molecule has 1 fully saturated rings. The Morgan fingerprint density at radius 2 is 1.91 bits per heavy atom. The molecule has 0 amide bonds. The normalized spacial score (nSPS) is 15.3. The Hall–Kier alpha value is -1.22. The quantitative estimate of drug-likeness (QED) is 0.448. The monoisotopic (exact) mass is 443 g/mol. The van der Waals surface area contributed by atoms with Crippen LogP contribution in [0.1, 0.15) is 11.3 Å². The van der Waals surface area contributed by atoms with Gasteiger partial charge in [0.2, 0.25) is 0 Å². The molecule has 1 aromatic heterocycles. The Morgan fingerprint density at radius 1 is 1.17 bits per heavy atom. The first-order valence-electron chi connectivity index (χ1n) is 7.50. The Kier molecular flexibility index (Phi) is 7.22. The zero-order chi connectivity index (χ0) is 15.2. The minimum absolute atomic E-state index is 0. The molecule has 0 spiro atoms. The molecular weight excluding hydrogens is 421 g/mol. The summed E-state index contributed by atoms with van der Waals surface area (Å²) in [7, 11) is 0. The number of halogens is 1. The molecule has 1 aliphatic heterocycles. The first-order chi connectivity index (χ1) is 10.8. The Morgan fingerprint density at radius 3 is 2.65 bits per heavy atom. The van der Waals surface area contributed by atoms with Crippen molar-refractivity contribution < 1.29 is 0 Å². The lowest BCUT2D eigenvalue weighted by molar-refractivity contribution is 0.455. The van der Waals surface area contributed by atoms with Crippen LogP contribution in [0.5, 0.6) is 0 Å².